The minimum absolute atomic E-state index is 0.0486. The van der Waals surface area contributed by atoms with Crippen molar-refractivity contribution in [3.8, 4) is 22.9 Å². The number of carbonyl (C=O) groups is 2. The van der Waals surface area contributed by atoms with E-state index in [9.17, 15) is 19.8 Å². The van der Waals surface area contributed by atoms with Crippen molar-refractivity contribution < 1.29 is 49.0 Å². The van der Waals surface area contributed by atoms with E-state index in [1.165, 1.54) is 9.59 Å². The Hall–Kier alpha value is -5.94. The van der Waals surface area contributed by atoms with Crippen molar-refractivity contribution in [1.29, 1.82) is 0 Å². The van der Waals surface area contributed by atoms with E-state index < -0.39 is 18.7 Å². The Morgan fingerprint density at radius 2 is 1.05 bits per heavy atom. The molecule has 0 saturated carbocycles. The number of aryl methyl sites for hydroxylation is 4. The Labute approximate surface area is 355 Å². The number of phenolic OH excluding ortho intramolecular Hbond substituents is 2. The van der Waals surface area contributed by atoms with Crippen LogP contribution in [0.3, 0.4) is 0 Å². The van der Waals surface area contributed by atoms with Gasteiger partial charge in [-0.1, -0.05) is 63.1 Å². The molecule has 0 amide bonds. The Kier molecular flexibility index (Phi) is 20.1. The summed E-state index contributed by atoms with van der Waals surface area (Å²) >= 11 is 0. The number of unbranched alkanes of at least 4 members (excludes halogenated alkanes) is 2. The van der Waals surface area contributed by atoms with Crippen LogP contribution < -0.4 is 0 Å². The summed E-state index contributed by atoms with van der Waals surface area (Å²) < 4.78 is 19.9. The Morgan fingerprint density at radius 3 is 1.48 bits per heavy atom. The predicted molar refractivity (Wildman–Crippen MR) is 230 cm³/mol. The van der Waals surface area contributed by atoms with Gasteiger partial charge in [-0.15, -0.1) is 30.0 Å². The lowest BCUT2D eigenvalue weighted by molar-refractivity contribution is -0.167. The molecule has 4 N–H and O–H groups in total. The Bertz CT molecular complexity index is 2200. The van der Waals surface area contributed by atoms with E-state index in [0.29, 0.717) is 84.5 Å². The van der Waals surface area contributed by atoms with E-state index in [0.717, 1.165) is 36.0 Å². The number of aromatic nitrogens is 6. The molecule has 2 aromatic heterocycles. The van der Waals surface area contributed by atoms with Crippen molar-refractivity contribution in [1.82, 2.24) is 30.0 Å². The number of esters is 2. The summed E-state index contributed by atoms with van der Waals surface area (Å²) in [5, 5.41) is 55.7. The van der Waals surface area contributed by atoms with Crippen LogP contribution in [0.15, 0.2) is 72.8 Å². The van der Waals surface area contributed by atoms with Crippen molar-refractivity contribution in [2.24, 2.45) is 0 Å². The van der Waals surface area contributed by atoms with Gasteiger partial charge in [-0.2, -0.15) is 0 Å². The first-order chi connectivity index (χ1) is 29.6. The van der Waals surface area contributed by atoms with Gasteiger partial charge in [0.15, 0.2) is 0 Å². The number of rotatable bonds is 20. The van der Waals surface area contributed by atoms with Gasteiger partial charge in [-0.25, -0.2) is 0 Å². The van der Waals surface area contributed by atoms with Crippen LogP contribution in [0.1, 0.15) is 82.1 Å². The standard InChI is InChI=1S/C38H40N6O6.C5H12O3.C2H6O/c1-3-5-6-11-28-21-26(23-34(38(28)48)44-41-31-14-9-10-15-32(31)42-44)17-19-36(46)50-24-49-35(45)18-16-25-20-27(4-2)37(47)33(22-25)43-39-29-12-7-8-13-30(29)40-43;1-2-7-3-4-8-5-6;1-2-3/h7-10,12-15,20-23,47-48H,3-6,11,16-19,24H2,1-2H3;6H,2-5H2,1H3;3H,2H2,1H3. The van der Waals surface area contributed by atoms with E-state index in [-0.39, 0.29) is 37.7 Å². The summed E-state index contributed by atoms with van der Waals surface area (Å²) in [4.78, 5) is 28.0. The molecule has 61 heavy (non-hydrogen) atoms. The number of hydrogen-bond donors (Lipinski definition) is 4. The SMILES string of the molecule is CCCCCc1cc(CCC(=O)OCOC(=O)CCc2cc(CC)c(O)c(-n3nc4ccccc4n3)c2)cc(-n2nc3ccccc3n2)c1O.CCO.CCOCCOCO. The molecule has 0 aliphatic carbocycles. The van der Waals surface area contributed by atoms with Gasteiger partial charge in [0, 0.05) is 26.1 Å². The molecular formula is C45H58N6O10. The van der Waals surface area contributed by atoms with Gasteiger partial charge in [0.1, 0.15) is 51.7 Å². The highest BCUT2D eigenvalue weighted by molar-refractivity contribution is 5.75. The van der Waals surface area contributed by atoms with Gasteiger partial charge < -0.3 is 39.4 Å². The molecule has 16 nitrogen and oxygen atoms in total. The Balaban J connectivity index is 0.000000661. The van der Waals surface area contributed by atoms with Gasteiger partial charge in [0.2, 0.25) is 6.79 Å². The molecule has 6 aromatic rings. The van der Waals surface area contributed by atoms with Crippen LogP contribution in [-0.4, -0.2) is 102 Å². The maximum Gasteiger partial charge on any atom is 0.308 e. The van der Waals surface area contributed by atoms with Gasteiger partial charge in [0.25, 0.3) is 0 Å². The highest BCUT2D eigenvalue weighted by atomic mass is 16.7. The van der Waals surface area contributed by atoms with E-state index in [4.69, 9.17) is 24.4 Å². The van der Waals surface area contributed by atoms with E-state index >= 15 is 0 Å². The highest BCUT2D eigenvalue weighted by Crippen LogP contribution is 2.31. The van der Waals surface area contributed by atoms with Crippen LogP contribution in [0, 0.1) is 0 Å². The Morgan fingerprint density at radius 1 is 0.607 bits per heavy atom. The summed E-state index contributed by atoms with van der Waals surface area (Å²) in [5.74, 6) is -0.820. The molecule has 0 unspecified atom stereocenters. The van der Waals surface area contributed by atoms with Crippen LogP contribution in [0.4, 0.5) is 0 Å². The van der Waals surface area contributed by atoms with E-state index in [1.54, 1.807) is 19.1 Å². The molecule has 16 heteroatoms. The lowest BCUT2D eigenvalue weighted by Gasteiger charge is -2.13. The largest absolute Gasteiger partial charge is 0.505 e. The van der Waals surface area contributed by atoms with Crippen LogP contribution in [-0.2, 0) is 54.2 Å². The zero-order valence-electron chi connectivity index (χ0n) is 35.5. The second-order valence-electron chi connectivity index (χ2n) is 13.7. The summed E-state index contributed by atoms with van der Waals surface area (Å²) in [6.45, 7) is 8.95. The smallest absolute Gasteiger partial charge is 0.308 e. The number of hydrogen-bond acceptors (Lipinski definition) is 14. The minimum Gasteiger partial charge on any atom is -0.505 e. The molecule has 0 aliphatic rings. The van der Waals surface area contributed by atoms with Gasteiger partial charge in [-0.3, -0.25) is 9.59 Å². The monoisotopic (exact) mass is 842 g/mol. The fraction of sp³-hybridized carbons (Fsp3) is 0.422. The number of benzene rings is 4. The maximum atomic E-state index is 12.6. The number of carbonyl (C=O) groups excluding carboxylic acids is 2. The van der Waals surface area contributed by atoms with Crippen molar-refractivity contribution in [3.05, 3.63) is 95.1 Å². The van der Waals surface area contributed by atoms with Crippen LogP contribution in [0.5, 0.6) is 11.5 Å². The van der Waals surface area contributed by atoms with Crippen molar-refractivity contribution in [2.75, 3.05) is 40.0 Å². The van der Waals surface area contributed by atoms with Gasteiger partial charge in [-0.05, 0) is 105 Å². The normalized spacial score (nSPS) is 10.9. The number of aliphatic hydroxyl groups excluding tert-OH is 2. The number of aliphatic hydroxyl groups is 2. The summed E-state index contributed by atoms with van der Waals surface area (Å²) in [7, 11) is 0. The molecule has 0 fully saturated rings. The third kappa shape index (κ3) is 14.6. The molecular weight excluding hydrogens is 785 g/mol. The molecule has 0 radical (unpaired) electrons. The lowest BCUT2D eigenvalue weighted by Crippen LogP contribution is -2.14. The summed E-state index contributed by atoms with van der Waals surface area (Å²) in [5.41, 5.74) is 6.84. The number of phenols is 2. The van der Waals surface area contributed by atoms with Crippen LogP contribution in [0.2, 0.25) is 0 Å². The average Bonchev–Trinajstić information content (AvgIpc) is 3.90. The fourth-order valence-corrected chi connectivity index (χ4v) is 6.16. The third-order valence-corrected chi connectivity index (χ3v) is 9.23. The first-order valence-electron chi connectivity index (χ1n) is 20.7. The summed E-state index contributed by atoms with van der Waals surface area (Å²) in [6.07, 6.45) is 5.06. The molecule has 6 rings (SSSR count). The van der Waals surface area contributed by atoms with Crippen LogP contribution in [0.25, 0.3) is 33.4 Å². The van der Waals surface area contributed by atoms with Crippen molar-refractivity contribution in [2.45, 2.75) is 85.5 Å². The second-order valence-corrected chi connectivity index (χ2v) is 13.7. The average molecular weight is 843 g/mol. The fourth-order valence-electron chi connectivity index (χ4n) is 6.16. The molecule has 0 aliphatic heterocycles. The maximum absolute atomic E-state index is 12.6. The van der Waals surface area contributed by atoms with Crippen molar-refractivity contribution >= 4 is 34.0 Å². The van der Waals surface area contributed by atoms with Crippen molar-refractivity contribution in [3.63, 3.8) is 0 Å². The quantitative estimate of drug-likeness (QED) is 0.0369. The number of aromatic hydroxyl groups is 2. The number of ether oxygens (including phenoxy) is 4. The topological polar surface area (TPSA) is 213 Å². The molecule has 0 bridgehead atoms. The second kappa shape index (κ2) is 25.6. The zero-order valence-corrected chi connectivity index (χ0v) is 35.5. The first-order valence-corrected chi connectivity index (χ1v) is 20.7. The number of fused-ring (bicyclic) bond motifs is 2. The van der Waals surface area contributed by atoms with Gasteiger partial charge >= 0.3 is 11.9 Å². The van der Waals surface area contributed by atoms with E-state index in [1.807, 2.05) is 74.5 Å². The highest BCUT2D eigenvalue weighted by Gasteiger charge is 2.18. The third-order valence-electron chi connectivity index (χ3n) is 9.23. The molecule has 2 heterocycles. The first kappa shape index (κ1) is 47.7. The van der Waals surface area contributed by atoms with Crippen LogP contribution >= 0.6 is 0 Å². The molecule has 0 atom stereocenters. The molecule has 0 spiro atoms. The summed E-state index contributed by atoms with van der Waals surface area (Å²) in [6, 6.07) is 22.2. The lowest BCUT2D eigenvalue weighted by atomic mass is 10.00. The minimum atomic E-state index is -0.521. The zero-order chi connectivity index (χ0) is 44.0. The molecule has 4 aromatic carbocycles. The van der Waals surface area contributed by atoms with E-state index in [2.05, 4.69) is 32.1 Å². The predicted octanol–water partition coefficient (Wildman–Crippen LogP) is 6.46. The van der Waals surface area contributed by atoms with Gasteiger partial charge in [0.05, 0.1) is 13.2 Å². The molecule has 328 valence electrons. The number of nitrogens with zero attached hydrogens (tertiary/aromatic N) is 6. The molecule has 0 saturated heterocycles.